The highest BCUT2D eigenvalue weighted by atomic mass is 16.6. The van der Waals surface area contributed by atoms with E-state index >= 15 is 0 Å². The van der Waals surface area contributed by atoms with Crippen molar-refractivity contribution in [2.75, 3.05) is 6.61 Å². The number of fused-ring (bicyclic) bond motifs is 1. The van der Waals surface area contributed by atoms with Crippen LogP contribution in [0.25, 0.3) is 0 Å². The normalized spacial score (nSPS) is 45.4. The van der Waals surface area contributed by atoms with E-state index in [2.05, 4.69) is 34.6 Å². The van der Waals surface area contributed by atoms with E-state index in [4.69, 9.17) is 4.74 Å². The number of epoxide rings is 1. The van der Waals surface area contributed by atoms with Gasteiger partial charge in [0.15, 0.2) is 5.78 Å². The lowest BCUT2D eigenvalue weighted by Crippen LogP contribution is -2.52. The summed E-state index contributed by atoms with van der Waals surface area (Å²) in [4.78, 5) is 12.8. The Bertz CT molecular complexity index is 535. The van der Waals surface area contributed by atoms with Crippen molar-refractivity contribution in [3.05, 3.63) is 11.6 Å². The number of carbonyl (C=O) groups is 1. The van der Waals surface area contributed by atoms with Crippen molar-refractivity contribution in [3.8, 4) is 0 Å². The van der Waals surface area contributed by atoms with E-state index < -0.39 is 0 Å². The molecule has 0 radical (unpaired) electrons. The van der Waals surface area contributed by atoms with E-state index in [1.807, 2.05) is 6.08 Å². The highest BCUT2D eigenvalue weighted by Crippen LogP contribution is 2.60. The number of carbonyl (C=O) groups excluding carboxylic acids is 1. The lowest BCUT2D eigenvalue weighted by molar-refractivity contribution is -0.136. The maximum absolute atomic E-state index is 12.8. The Hall–Kier alpha value is -0.670. The molecular weight excluding hydrogens is 288 g/mol. The standard InChI is InChI=1S/C20H32O3/c1-13-11-15(22)17-18(2,3)8-6-9-19(17,4)14(13)7-10-20(5)16(12-21)23-20/h11,14,16-17,21H,6-10,12H2,1-5H3/t14-,16-,17-,19+,20-/m0/s1. The number of rotatable bonds is 4. The number of hydrogen-bond donors (Lipinski definition) is 1. The maximum Gasteiger partial charge on any atom is 0.159 e. The molecule has 0 aromatic carbocycles. The molecule has 3 nitrogen and oxygen atoms in total. The molecular formula is C20H32O3. The molecule has 0 aromatic heterocycles. The highest BCUT2D eigenvalue weighted by molar-refractivity contribution is 5.94. The van der Waals surface area contributed by atoms with E-state index in [9.17, 15) is 9.90 Å². The van der Waals surface area contributed by atoms with Crippen molar-refractivity contribution in [1.29, 1.82) is 0 Å². The molecule has 3 aliphatic rings. The molecule has 1 saturated heterocycles. The average Bonchev–Trinajstić information content (AvgIpc) is 3.07. The second-order valence-electron chi connectivity index (χ2n) is 9.26. The van der Waals surface area contributed by atoms with E-state index in [0.29, 0.717) is 11.7 Å². The Balaban J connectivity index is 1.84. The molecule has 0 spiro atoms. The van der Waals surface area contributed by atoms with E-state index in [1.54, 1.807) is 0 Å². The molecule has 1 aliphatic heterocycles. The Morgan fingerprint density at radius 3 is 2.57 bits per heavy atom. The first kappa shape index (κ1) is 17.2. The summed E-state index contributed by atoms with van der Waals surface area (Å²) < 4.78 is 5.67. The minimum absolute atomic E-state index is 0.00316. The molecule has 2 aliphatic carbocycles. The van der Waals surface area contributed by atoms with Gasteiger partial charge in [-0.05, 0) is 62.4 Å². The average molecular weight is 320 g/mol. The predicted octanol–water partition coefficient (Wildman–Crippen LogP) is 3.89. The summed E-state index contributed by atoms with van der Waals surface area (Å²) in [5.41, 5.74) is 1.24. The zero-order chi connectivity index (χ0) is 17.0. The first-order chi connectivity index (χ1) is 10.6. The van der Waals surface area contributed by atoms with Gasteiger partial charge < -0.3 is 9.84 Å². The number of ketones is 1. The van der Waals surface area contributed by atoms with Gasteiger partial charge in [-0.1, -0.05) is 32.8 Å². The van der Waals surface area contributed by atoms with Crippen LogP contribution in [-0.4, -0.2) is 29.2 Å². The largest absolute Gasteiger partial charge is 0.394 e. The summed E-state index contributed by atoms with van der Waals surface area (Å²) in [5.74, 6) is 0.928. The van der Waals surface area contributed by atoms with Crippen molar-refractivity contribution in [2.24, 2.45) is 22.7 Å². The molecule has 0 aromatic rings. The van der Waals surface area contributed by atoms with Crippen LogP contribution in [-0.2, 0) is 9.53 Å². The van der Waals surface area contributed by atoms with Gasteiger partial charge in [0.05, 0.1) is 12.2 Å². The maximum atomic E-state index is 12.8. The Labute approximate surface area is 140 Å². The summed E-state index contributed by atoms with van der Waals surface area (Å²) >= 11 is 0. The topological polar surface area (TPSA) is 49.8 Å². The molecule has 23 heavy (non-hydrogen) atoms. The number of hydrogen-bond acceptors (Lipinski definition) is 3. The third kappa shape index (κ3) is 2.70. The van der Waals surface area contributed by atoms with Gasteiger partial charge in [0.25, 0.3) is 0 Å². The highest BCUT2D eigenvalue weighted by Gasteiger charge is 2.57. The molecule has 3 rings (SSSR count). The molecule has 1 heterocycles. The van der Waals surface area contributed by atoms with Crippen molar-refractivity contribution < 1.29 is 14.6 Å². The third-order valence-electron chi connectivity index (χ3n) is 7.11. The van der Waals surface area contributed by atoms with Crippen LogP contribution in [0.5, 0.6) is 0 Å². The van der Waals surface area contributed by atoms with Crippen molar-refractivity contribution in [1.82, 2.24) is 0 Å². The van der Waals surface area contributed by atoms with Crippen LogP contribution >= 0.6 is 0 Å². The lowest BCUT2D eigenvalue weighted by Gasteiger charge is -2.55. The molecule has 0 bridgehead atoms. The van der Waals surface area contributed by atoms with Gasteiger partial charge in [-0.25, -0.2) is 0 Å². The summed E-state index contributed by atoms with van der Waals surface area (Å²) in [6, 6.07) is 0. The van der Waals surface area contributed by atoms with Crippen molar-refractivity contribution in [3.63, 3.8) is 0 Å². The minimum atomic E-state index is -0.160. The Morgan fingerprint density at radius 2 is 1.96 bits per heavy atom. The van der Waals surface area contributed by atoms with Crippen LogP contribution in [0.3, 0.4) is 0 Å². The summed E-state index contributed by atoms with van der Waals surface area (Å²) in [5, 5.41) is 9.29. The fourth-order valence-corrected chi connectivity index (χ4v) is 5.85. The number of aliphatic hydroxyl groups excluding tert-OH is 1. The van der Waals surface area contributed by atoms with Gasteiger partial charge >= 0.3 is 0 Å². The quantitative estimate of drug-likeness (QED) is 0.799. The second kappa shape index (κ2) is 5.42. The summed E-state index contributed by atoms with van der Waals surface area (Å²) in [6.45, 7) is 11.2. The van der Waals surface area contributed by atoms with Crippen LogP contribution in [0.4, 0.5) is 0 Å². The first-order valence-corrected chi connectivity index (χ1v) is 9.15. The number of ether oxygens (including phenoxy) is 1. The van der Waals surface area contributed by atoms with E-state index in [1.165, 1.54) is 12.0 Å². The Morgan fingerprint density at radius 1 is 1.26 bits per heavy atom. The lowest BCUT2D eigenvalue weighted by atomic mass is 9.48. The summed E-state index contributed by atoms with van der Waals surface area (Å²) in [6.07, 6.45) is 7.43. The molecule has 2 fully saturated rings. The fourth-order valence-electron chi connectivity index (χ4n) is 5.85. The third-order valence-corrected chi connectivity index (χ3v) is 7.11. The zero-order valence-corrected chi connectivity index (χ0v) is 15.3. The fraction of sp³-hybridized carbons (Fsp3) is 0.850. The van der Waals surface area contributed by atoms with E-state index in [-0.39, 0.29) is 35.1 Å². The van der Waals surface area contributed by atoms with Gasteiger partial charge in [0.1, 0.15) is 6.10 Å². The van der Waals surface area contributed by atoms with Crippen molar-refractivity contribution in [2.45, 2.75) is 78.4 Å². The minimum Gasteiger partial charge on any atom is -0.394 e. The van der Waals surface area contributed by atoms with Gasteiger partial charge in [-0.15, -0.1) is 0 Å². The summed E-state index contributed by atoms with van der Waals surface area (Å²) in [7, 11) is 0. The molecule has 0 unspecified atom stereocenters. The predicted molar refractivity (Wildman–Crippen MR) is 91.1 cm³/mol. The van der Waals surface area contributed by atoms with Gasteiger partial charge in [0.2, 0.25) is 0 Å². The Kier molecular flexibility index (Phi) is 4.04. The second-order valence-corrected chi connectivity index (χ2v) is 9.26. The zero-order valence-electron chi connectivity index (χ0n) is 15.3. The number of aliphatic hydroxyl groups is 1. The van der Waals surface area contributed by atoms with Crippen LogP contribution in [0, 0.1) is 22.7 Å². The van der Waals surface area contributed by atoms with Crippen LogP contribution in [0.15, 0.2) is 11.6 Å². The molecule has 130 valence electrons. The molecule has 1 saturated carbocycles. The monoisotopic (exact) mass is 320 g/mol. The van der Waals surface area contributed by atoms with E-state index in [0.717, 1.165) is 25.7 Å². The SMILES string of the molecule is CC1=CC(=O)[C@H]2C(C)(C)CCC[C@]2(C)[C@H]1CC[C@]1(C)O[C@H]1CO. The molecule has 3 heteroatoms. The van der Waals surface area contributed by atoms with Crippen molar-refractivity contribution >= 4 is 5.78 Å². The van der Waals surface area contributed by atoms with Crippen LogP contribution in [0.1, 0.15) is 66.7 Å². The molecule has 1 N–H and O–H groups in total. The first-order valence-electron chi connectivity index (χ1n) is 9.15. The van der Waals surface area contributed by atoms with Crippen LogP contribution in [0.2, 0.25) is 0 Å². The number of allylic oxidation sites excluding steroid dienone is 2. The van der Waals surface area contributed by atoms with Gasteiger partial charge in [0, 0.05) is 5.92 Å². The van der Waals surface area contributed by atoms with Gasteiger partial charge in [-0.2, -0.15) is 0 Å². The molecule has 5 atom stereocenters. The smallest absolute Gasteiger partial charge is 0.159 e. The molecule has 0 amide bonds. The van der Waals surface area contributed by atoms with Crippen LogP contribution < -0.4 is 0 Å². The van der Waals surface area contributed by atoms with Gasteiger partial charge in [-0.3, -0.25) is 4.79 Å².